The first-order valence-corrected chi connectivity index (χ1v) is 17.6. The summed E-state index contributed by atoms with van der Waals surface area (Å²) in [6, 6.07) is 14.8. The van der Waals surface area contributed by atoms with Crippen molar-refractivity contribution in [3.8, 4) is 0 Å². The number of fused-ring (bicyclic) bond motifs is 2. The van der Waals surface area contributed by atoms with Crippen LogP contribution < -0.4 is 9.80 Å². The molecule has 1 aromatic heterocycles. The Morgan fingerprint density at radius 2 is 1.98 bits per heavy atom. The monoisotopic (exact) mass is 603 g/mol. The predicted octanol–water partition coefficient (Wildman–Crippen LogP) is 3.74. The van der Waals surface area contributed by atoms with Gasteiger partial charge < -0.3 is 24.3 Å². The average Bonchev–Trinajstić information content (AvgIpc) is 3.75. The molecular weight excluding hydrogens is 566 g/mol. The summed E-state index contributed by atoms with van der Waals surface area (Å²) in [6.45, 7) is 11.0. The number of benzene rings is 2. The van der Waals surface area contributed by atoms with Crippen molar-refractivity contribution in [2.24, 2.45) is 5.92 Å². The molecule has 11 nitrogen and oxygen atoms in total. The number of hydrogen-bond acceptors (Lipinski definition) is 8. The van der Waals surface area contributed by atoms with Crippen LogP contribution in [-0.4, -0.2) is 71.0 Å². The Bertz CT molecular complexity index is 1540. The highest BCUT2D eigenvalue weighted by atomic mass is 28.4. The fraction of sp³-hybridized carbons (Fsp3) is 0.419. The molecule has 0 saturated carbocycles. The van der Waals surface area contributed by atoms with Crippen molar-refractivity contribution in [2.75, 3.05) is 29.5 Å². The molecule has 43 heavy (non-hydrogen) atoms. The van der Waals surface area contributed by atoms with E-state index < -0.39 is 32.2 Å². The van der Waals surface area contributed by atoms with Gasteiger partial charge in [0.1, 0.15) is 18.4 Å². The number of amides is 2. The number of aryl methyl sites for hydroxylation is 1. The summed E-state index contributed by atoms with van der Waals surface area (Å²) in [6.07, 6.45) is 2.09. The Hall–Kier alpha value is -3.84. The third-order valence-electron chi connectivity index (χ3n) is 8.95. The summed E-state index contributed by atoms with van der Waals surface area (Å²) in [5, 5.41) is 19.2. The molecule has 5 atom stereocenters. The molecule has 1 spiro atoms. The zero-order chi connectivity index (χ0) is 30.5. The Morgan fingerprint density at radius 1 is 1.21 bits per heavy atom. The smallest absolute Gasteiger partial charge is 0.414 e. The number of carbonyl (C=O) groups is 2. The number of aromatic nitrogens is 3. The van der Waals surface area contributed by atoms with Gasteiger partial charge in [-0.2, -0.15) is 0 Å². The molecule has 0 aliphatic carbocycles. The van der Waals surface area contributed by atoms with Crippen LogP contribution >= 0.6 is 0 Å². The van der Waals surface area contributed by atoms with Crippen molar-refractivity contribution in [3.63, 3.8) is 0 Å². The fourth-order valence-electron chi connectivity index (χ4n) is 7.06. The van der Waals surface area contributed by atoms with Crippen molar-refractivity contribution in [3.05, 3.63) is 84.2 Å². The number of aliphatic hydroxyl groups excluding tert-OH is 1. The van der Waals surface area contributed by atoms with Gasteiger partial charge in [0, 0.05) is 35.8 Å². The van der Waals surface area contributed by atoms with Crippen molar-refractivity contribution >= 4 is 31.7 Å². The van der Waals surface area contributed by atoms with E-state index in [9.17, 15) is 19.5 Å². The first kappa shape index (κ1) is 29.2. The fourth-order valence-corrected chi connectivity index (χ4v) is 9.66. The standard InChI is InChI=1S/C31H37N5O6Si/c1-5-14-36-25-12-11-22(35-16-17-41-30(35)39)18-23(25)31(29(36)38)20(2)28(43(3,4)40)26(42-31)13-15-34-19-24(32-33-34)27(37)21-9-7-6-8-10-21/h5-12,18-20,26-28,37,40H,1,13-17H2,2-4H3/t20-,26+,27-,28-,31+/m1/s1. The molecule has 226 valence electrons. The first-order valence-electron chi connectivity index (χ1n) is 14.6. The van der Waals surface area contributed by atoms with Crippen LogP contribution in [0.25, 0.3) is 0 Å². The highest BCUT2D eigenvalue weighted by Gasteiger charge is 2.66. The van der Waals surface area contributed by atoms with Crippen molar-refractivity contribution < 1.29 is 29.0 Å². The Balaban J connectivity index is 1.32. The van der Waals surface area contributed by atoms with Gasteiger partial charge in [0.2, 0.25) is 0 Å². The molecule has 3 aliphatic rings. The van der Waals surface area contributed by atoms with Crippen LogP contribution in [0.2, 0.25) is 18.6 Å². The van der Waals surface area contributed by atoms with E-state index in [4.69, 9.17) is 9.47 Å². The number of carbonyl (C=O) groups excluding carboxylic acids is 2. The van der Waals surface area contributed by atoms with Gasteiger partial charge in [0.15, 0.2) is 13.9 Å². The summed E-state index contributed by atoms with van der Waals surface area (Å²) in [5.41, 5.74) is 1.58. The van der Waals surface area contributed by atoms with Gasteiger partial charge in [-0.25, -0.2) is 4.79 Å². The van der Waals surface area contributed by atoms with Gasteiger partial charge in [0.05, 0.1) is 24.5 Å². The maximum Gasteiger partial charge on any atom is 0.414 e. The third kappa shape index (κ3) is 4.87. The van der Waals surface area contributed by atoms with Crippen molar-refractivity contribution in [1.29, 1.82) is 0 Å². The molecule has 3 aromatic rings. The number of ether oxygens (including phenoxy) is 2. The largest absolute Gasteiger partial charge is 0.447 e. The first-order chi connectivity index (χ1) is 20.6. The minimum atomic E-state index is -2.87. The number of hydrogen-bond donors (Lipinski definition) is 2. The maximum atomic E-state index is 14.3. The van der Waals surface area contributed by atoms with Gasteiger partial charge in [-0.3, -0.25) is 14.4 Å². The molecular formula is C31H37N5O6Si. The second-order valence-electron chi connectivity index (χ2n) is 12.0. The molecule has 0 bridgehead atoms. The van der Waals surface area contributed by atoms with Crippen LogP contribution in [0.15, 0.2) is 67.4 Å². The second-order valence-corrected chi connectivity index (χ2v) is 16.0. The van der Waals surface area contributed by atoms with Crippen LogP contribution in [0.4, 0.5) is 16.2 Å². The van der Waals surface area contributed by atoms with E-state index in [2.05, 4.69) is 16.9 Å². The van der Waals surface area contributed by atoms with Crippen LogP contribution in [-0.2, 0) is 26.4 Å². The minimum Gasteiger partial charge on any atom is -0.447 e. The number of nitrogens with zero attached hydrogens (tertiary/aromatic N) is 5. The lowest BCUT2D eigenvalue weighted by molar-refractivity contribution is -0.145. The molecule has 0 radical (unpaired) electrons. The van der Waals surface area contributed by atoms with E-state index in [1.807, 2.05) is 68.5 Å². The lowest BCUT2D eigenvalue weighted by Crippen LogP contribution is -2.46. The molecule has 0 unspecified atom stereocenters. The highest BCUT2D eigenvalue weighted by Crippen LogP contribution is 2.60. The summed E-state index contributed by atoms with van der Waals surface area (Å²) < 4.78 is 13.7. The number of anilines is 2. The molecule has 2 saturated heterocycles. The summed E-state index contributed by atoms with van der Waals surface area (Å²) >= 11 is 0. The summed E-state index contributed by atoms with van der Waals surface area (Å²) in [5.74, 6) is -0.548. The van der Waals surface area contributed by atoms with Gasteiger partial charge in [0.25, 0.3) is 5.91 Å². The molecule has 3 aliphatic heterocycles. The van der Waals surface area contributed by atoms with Crippen LogP contribution in [0.3, 0.4) is 0 Å². The number of rotatable bonds is 9. The van der Waals surface area contributed by atoms with E-state index in [1.54, 1.807) is 26.8 Å². The second kappa shape index (κ2) is 11.0. The van der Waals surface area contributed by atoms with Gasteiger partial charge in [-0.05, 0) is 43.3 Å². The van der Waals surface area contributed by atoms with Gasteiger partial charge in [-0.15, -0.1) is 11.7 Å². The van der Waals surface area contributed by atoms with Crippen LogP contribution in [0.5, 0.6) is 0 Å². The summed E-state index contributed by atoms with van der Waals surface area (Å²) in [4.78, 5) is 41.5. The molecule has 2 N–H and O–H groups in total. The normalized spacial score (nSPS) is 25.8. The molecule has 12 heteroatoms. The van der Waals surface area contributed by atoms with Crippen LogP contribution in [0, 0.1) is 5.92 Å². The lowest BCUT2D eigenvalue weighted by atomic mass is 9.82. The SMILES string of the molecule is C=CCN1C(=O)[C@@]2(O[C@@H](CCn3cc([C@H](O)c4ccccc4)nn3)[C@H]([Si](C)(C)O)[C@H]2C)c2cc(N3CCOC3=O)ccc21. The maximum absolute atomic E-state index is 14.3. The Kier molecular flexibility index (Phi) is 7.49. The average molecular weight is 604 g/mol. The molecule has 4 heterocycles. The predicted molar refractivity (Wildman–Crippen MR) is 162 cm³/mol. The van der Waals surface area contributed by atoms with Crippen LogP contribution in [0.1, 0.15) is 36.3 Å². The Labute approximate surface area is 251 Å². The molecule has 2 fully saturated rings. The zero-order valence-corrected chi connectivity index (χ0v) is 25.6. The molecule has 2 amide bonds. The number of cyclic esters (lactones) is 1. The highest BCUT2D eigenvalue weighted by molar-refractivity contribution is 6.71. The molecule has 2 aromatic carbocycles. The van der Waals surface area contributed by atoms with E-state index >= 15 is 0 Å². The lowest BCUT2D eigenvalue weighted by Gasteiger charge is -2.32. The van der Waals surface area contributed by atoms with Crippen molar-refractivity contribution in [2.45, 2.75) is 56.3 Å². The topological polar surface area (TPSA) is 130 Å². The van der Waals surface area contributed by atoms with Crippen molar-refractivity contribution in [1.82, 2.24) is 15.0 Å². The minimum absolute atomic E-state index is 0.198. The van der Waals surface area contributed by atoms with Gasteiger partial charge >= 0.3 is 6.09 Å². The quantitative estimate of drug-likeness (QED) is 0.280. The van der Waals surface area contributed by atoms with E-state index in [1.165, 1.54) is 0 Å². The van der Waals surface area contributed by atoms with E-state index in [-0.39, 0.29) is 17.4 Å². The summed E-state index contributed by atoms with van der Waals surface area (Å²) in [7, 11) is -2.87. The van der Waals surface area contributed by atoms with Gasteiger partial charge in [-0.1, -0.05) is 48.5 Å². The zero-order valence-electron chi connectivity index (χ0n) is 24.6. The van der Waals surface area contributed by atoms with E-state index in [0.717, 1.165) is 5.56 Å². The molecule has 6 rings (SSSR count). The number of aliphatic hydroxyl groups is 1. The Morgan fingerprint density at radius 3 is 2.65 bits per heavy atom. The third-order valence-corrected chi connectivity index (χ3v) is 11.4. The van der Waals surface area contributed by atoms with E-state index in [0.29, 0.717) is 55.3 Å².